The molecule has 1 saturated carbocycles. The maximum atomic E-state index is 14.2. The maximum Gasteiger partial charge on any atom is 0.257 e. The third-order valence-corrected chi connectivity index (χ3v) is 6.45. The van der Waals surface area contributed by atoms with E-state index in [1.807, 2.05) is 0 Å². The summed E-state index contributed by atoms with van der Waals surface area (Å²) in [7, 11) is 0. The predicted octanol–water partition coefficient (Wildman–Crippen LogP) is 2.02. The minimum absolute atomic E-state index is 0.0231. The van der Waals surface area contributed by atoms with Crippen LogP contribution in [0.5, 0.6) is 5.75 Å². The number of benzene rings is 1. The van der Waals surface area contributed by atoms with Gasteiger partial charge in [0.15, 0.2) is 11.6 Å². The van der Waals surface area contributed by atoms with Crippen molar-refractivity contribution in [3.8, 4) is 5.75 Å². The first-order valence-corrected chi connectivity index (χ1v) is 11.2. The topological polar surface area (TPSA) is 110 Å². The SMILES string of the molecule is CC1COc2c(F)c(F)cc3c(=O)c(C(=O)NC(CO)C(=O)NCC4CCCCC4)cn1c23. The van der Waals surface area contributed by atoms with Gasteiger partial charge in [-0.2, -0.15) is 4.39 Å². The van der Waals surface area contributed by atoms with Crippen LogP contribution in [0.3, 0.4) is 0 Å². The van der Waals surface area contributed by atoms with Crippen LogP contribution in [-0.4, -0.2) is 47.3 Å². The second kappa shape index (κ2) is 9.46. The Morgan fingerprint density at radius 2 is 2.00 bits per heavy atom. The highest BCUT2D eigenvalue weighted by Crippen LogP contribution is 2.35. The molecule has 178 valence electrons. The minimum Gasteiger partial charge on any atom is -0.486 e. The molecule has 1 fully saturated rings. The fourth-order valence-corrected chi connectivity index (χ4v) is 4.54. The first-order valence-electron chi connectivity index (χ1n) is 11.2. The summed E-state index contributed by atoms with van der Waals surface area (Å²) in [6, 6.07) is -0.866. The number of nitrogens with one attached hydrogen (secondary N) is 2. The van der Waals surface area contributed by atoms with Crippen molar-refractivity contribution < 1.29 is 28.2 Å². The third-order valence-electron chi connectivity index (χ3n) is 6.45. The Morgan fingerprint density at radius 1 is 1.27 bits per heavy atom. The van der Waals surface area contributed by atoms with Crippen molar-refractivity contribution in [3.05, 3.63) is 39.7 Å². The second-order valence-electron chi connectivity index (χ2n) is 8.79. The second-order valence-corrected chi connectivity index (χ2v) is 8.79. The van der Waals surface area contributed by atoms with Gasteiger partial charge in [0.1, 0.15) is 18.2 Å². The molecule has 0 radical (unpaired) electrons. The summed E-state index contributed by atoms with van der Waals surface area (Å²) >= 11 is 0. The highest BCUT2D eigenvalue weighted by atomic mass is 19.2. The Morgan fingerprint density at radius 3 is 2.70 bits per heavy atom. The number of carbonyl (C=O) groups is 2. The first kappa shape index (κ1) is 23.2. The van der Waals surface area contributed by atoms with E-state index < -0.39 is 41.5 Å². The molecule has 3 N–H and O–H groups in total. The molecule has 0 bridgehead atoms. The van der Waals surface area contributed by atoms with Crippen molar-refractivity contribution in [2.24, 2.45) is 5.92 Å². The lowest BCUT2D eigenvalue weighted by Gasteiger charge is -2.27. The molecule has 1 aromatic carbocycles. The smallest absolute Gasteiger partial charge is 0.257 e. The van der Waals surface area contributed by atoms with Crippen LogP contribution in [0.1, 0.15) is 55.4 Å². The molecular formula is C23H27F2N3O5. The van der Waals surface area contributed by atoms with Crippen LogP contribution in [0.25, 0.3) is 10.9 Å². The van der Waals surface area contributed by atoms with Crippen LogP contribution in [0, 0.1) is 17.6 Å². The average Bonchev–Trinajstić information content (AvgIpc) is 2.82. The minimum atomic E-state index is -1.26. The van der Waals surface area contributed by atoms with Gasteiger partial charge in [0.25, 0.3) is 5.91 Å². The van der Waals surface area contributed by atoms with E-state index >= 15 is 0 Å². The quantitative estimate of drug-likeness (QED) is 0.607. The number of carbonyl (C=O) groups excluding carboxylic acids is 2. The number of ether oxygens (including phenoxy) is 1. The summed E-state index contributed by atoms with van der Waals surface area (Å²) in [4.78, 5) is 38.4. The molecule has 2 amide bonds. The van der Waals surface area contributed by atoms with E-state index in [1.54, 1.807) is 6.92 Å². The molecule has 0 spiro atoms. The Balaban J connectivity index is 1.58. The fraction of sp³-hybridized carbons (Fsp3) is 0.522. The van der Waals surface area contributed by atoms with E-state index in [-0.39, 0.29) is 34.9 Å². The van der Waals surface area contributed by atoms with E-state index in [4.69, 9.17) is 4.74 Å². The van der Waals surface area contributed by atoms with Crippen molar-refractivity contribution in [3.63, 3.8) is 0 Å². The molecule has 2 atom stereocenters. The normalized spacial score (nSPS) is 19.1. The average molecular weight is 463 g/mol. The molecule has 1 aromatic heterocycles. The van der Waals surface area contributed by atoms with Gasteiger partial charge in [-0.15, -0.1) is 0 Å². The highest BCUT2D eigenvalue weighted by molar-refractivity contribution is 6.00. The molecule has 2 aromatic rings. The zero-order valence-electron chi connectivity index (χ0n) is 18.3. The van der Waals surface area contributed by atoms with E-state index in [9.17, 15) is 28.3 Å². The van der Waals surface area contributed by atoms with Gasteiger partial charge in [0, 0.05) is 12.7 Å². The van der Waals surface area contributed by atoms with Crippen LogP contribution >= 0.6 is 0 Å². The summed E-state index contributed by atoms with van der Waals surface area (Å²) in [5.74, 6) is -3.90. The van der Waals surface area contributed by atoms with E-state index in [1.165, 1.54) is 17.2 Å². The number of rotatable bonds is 6. The number of halogens is 2. The molecule has 2 heterocycles. The van der Waals surface area contributed by atoms with Gasteiger partial charge in [-0.3, -0.25) is 14.4 Å². The van der Waals surface area contributed by atoms with Gasteiger partial charge >= 0.3 is 0 Å². The summed E-state index contributed by atoms with van der Waals surface area (Å²) in [6.45, 7) is 1.57. The Hall–Kier alpha value is -3.01. The summed E-state index contributed by atoms with van der Waals surface area (Å²) in [6.07, 6.45) is 6.71. The molecule has 8 nitrogen and oxygen atoms in total. The number of amides is 2. The first-order chi connectivity index (χ1) is 15.8. The number of pyridine rings is 1. The van der Waals surface area contributed by atoms with Crippen LogP contribution in [0.2, 0.25) is 0 Å². The van der Waals surface area contributed by atoms with Crippen molar-refractivity contribution in [1.29, 1.82) is 0 Å². The van der Waals surface area contributed by atoms with Gasteiger partial charge in [-0.1, -0.05) is 19.3 Å². The van der Waals surface area contributed by atoms with Crippen molar-refractivity contribution in [2.45, 2.75) is 51.1 Å². The standard InChI is InChI=1S/C23H27F2N3O5/c1-12-11-33-21-18(25)16(24)7-14-19(21)28(12)9-15(20(14)30)22(31)27-17(10-29)23(32)26-8-13-5-3-2-4-6-13/h7,9,12-13,17,29H,2-6,8,10-11H2,1H3,(H,26,32)(H,27,31). The number of aliphatic hydroxyl groups is 1. The molecule has 10 heteroatoms. The van der Waals surface area contributed by atoms with Gasteiger partial charge in [-0.25, -0.2) is 4.39 Å². The van der Waals surface area contributed by atoms with Gasteiger partial charge in [-0.05, 0) is 31.7 Å². The number of aromatic nitrogens is 1. The van der Waals surface area contributed by atoms with E-state index in [2.05, 4.69) is 10.6 Å². The Kier molecular flexibility index (Phi) is 6.64. The van der Waals surface area contributed by atoms with Crippen molar-refractivity contribution >= 4 is 22.7 Å². The van der Waals surface area contributed by atoms with Gasteiger partial charge in [0.05, 0.1) is 23.6 Å². The lowest BCUT2D eigenvalue weighted by atomic mass is 9.89. The number of hydrogen-bond acceptors (Lipinski definition) is 5. The third kappa shape index (κ3) is 4.44. The number of aliphatic hydroxyl groups excluding tert-OH is 1. The van der Waals surface area contributed by atoms with Crippen molar-refractivity contribution in [2.75, 3.05) is 19.8 Å². The number of nitrogens with zero attached hydrogens (tertiary/aromatic N) is 1. The molecule has 1 aliphatic carbocycles. The zero-order valence-corrected chi connectivity index (χ0v) is 18.3. The van der Waals surface area contributed by atoms with E-state index in [0.29, 0.717) is 12.5 Å². The van der Waals surface area contributed by atoms with Crippen LogP contribution in [0.4, 0.5) is 8.78 Å². The zero-order chi connectivity index (χ0) is 23.7. The van der Waals surface area contributed by atoms with Crippen LogP contribution < -0.4 is 20.8 Å². The van der Waals surface area contributed by atoms with Crippen LogP contribution in [-0.2, 0) is 4.79 Å². The summed E-state index contributed by atoms with van der Waals surface area (Å²) in [5, 5.41) is 14.6. The monoisotopic (exact) mass is 463 g/mol. The van der Waals surface area contributed by atoms with E-state index in [0.717, 1.165) is 31.7 Å². The maximum absolute atomic E-state index is 14.2. The van der Waals surface area contributed by atoms with Gasteiger partial charge in [0.2, 0.25) is 17.2 Å². The largest absolute Gasteiger partial charge is 0.486 e. The molecule has 2 unspecified atom stereocenters. The lowest BCUT2D eigenvalue weighted by molar-refractivity contribution is -0.124. The van der Waals surface area contributed by atoms with Gasteiger partial charge < -0.3 is 25.0 Å². The number of hydrogen-bond donors (Lipinski definition) is 3. The Bertz CT molecular complexity index is 1140. The van der Waals surface area contributed by atoms with Crippen molar-refractivity contribution in [1.82, 2.24) is 15.2 Å². The van der Waals surface area contributed by atoms with Crippen LogP contribution in [0.15, 0.2) is 17.1 Å². The molecule has 33 heavy (non-hydrogen) atoms. The predicted molar refractivity (Wildman–Crippen MR) is 116 cm³/mol. The highest BCUT2D eigenvalue weighted by Gasteiger charge is 2.29. The summed E-state index contributed by atoms with van der Waals surface area (Å²) < 4.78 is 35.1. The molecule has 4 rings (SSSR count). The molecular weight excluding hydrogens is 436 g/mol. The molecule has 1 aliphatic heterocycles. The molecule has 2 aliphatic rings. The lowest BCUT2D eigenvalue weighted by Crippen LogP contribution is -2.50. The molecule has 0 saturated heterocycles. The Labute approximate surface area is 188 Å². The fourth-order valence-electron chi connectivity index (χ4n) is 4.54. The summed E-state index contributed by atoms with van der Waals surface area (Å²) in [5.41, 5.74) is -1.10.